The SMILES string of the molecule is Cc1cc(NS(=O)(=O)C[C@]23CC[C@H](CC2=O)C3(C)C)cc(=O)o1. The Bertz CT molecular complexity index is 823. The molecule has 2 aliphatic carbocycles. The smallest absolute Gasteiger partial charge is 0.337 e. The number of rotatable bonds is 4. The lowest BCUT2D eigenvalue weighted by atomic mass is 9.70. The molecule has 2 atom stereocenters. The van der Waals surface area contributed by atoms with E-state index in [-0.39, 0.29) is 28.6 Å². The standard InChI is InChI=1S/C16H21NO5S/c1-10-6-12(8-14(19)22-10)17-23(20,21)9-16-5-4-11(7-13(16)18)15(16,2)3/h6,8,11,17H,4-5,7,9H2,1-3H3/t11-,16-/m1/s1. The van der Waals surface area contributed by atoms with Crippen molar-refractivity contribution < 1.29 is 17.6 Å². The number of hydrogen-bond acceptors (Lipinski definition) is 5. The molecular weight excluding hydrogens is 318 g/mol. The Labute approximate surface area is 135 Å². The summed E-state index contributed by atoms with van der Waals surface area (Å²) in [6.45, 7) is 5.56. The first kappa shape index (κ1) is 16.2. The number of Topliss-reactive ketones (excluding diaryl/α,β-unsaturated/α-hetero) is 1. The van der Waals surface area contributed by atoms with Crippen molar-refractivity contribution in [2.45, 2.75) is 40.0 Å². The number of carbonyl (C=O) groups excluding carboxylic acids is 1. The molecular formula is C16H21NO5S. The Morgan fingerprint density at radius 2 is 2.00 bits per heavy atom. The molecule has 2 bridgehead atoms. The van der Waals surface area contributed by atoms with Gasteiger partial charge >= 0.3 is 5.63 Å². The van der Waals surface area contributed by atoms with E-state index in [0.29, 0.717) is 18.6 Å². The molecule has 0 spiro atoms. The highest BCUT2D eigenvalue weighted by Crippen LogP contribution is 2.64. The topological polar surface area (TPSA) is 93.5 Å². The van der Waals surface area contributed by atoms with Crippen LogP contribution in [0.25, 0.3) is 0 Å². The fourth-order valence-corrected chi connectivity index (χ4v) is 6.19. The van der Waals surface area contributed by atoms with Crippen LogP contribution < -0.4 is 10.3 Å². The van der Waals surface area contributed by atoms with Gasteiger partial charge in [0, 0.05) is 18.6 Å². The molecule has 0 aliphatic heterocycles. The van der Waals surface area contributed by atoms with Gasteiger partial charge < -0.3 is 4.42 Å². The van der Waals surface area contributed by atoms with Crippen LogP contribution in [0.5, 0.6) is 0 Å². The third kappa shape index (κ3) is 2.51. The molecule has 1 aromatic rings. The Balaban J connectivity index is 1.89. The van der Waals surface area contributed by atoms with Crippen LogP contribution in [-0.4, -0.2) is 20.0 Å². The van der Waals surface area contributed by atoms with Crippen molar-refractivity contribution in [2.24, 2.45) is 16.7 Å². The predicted octanol–water partition coefficient (Wildman–Crippen LogP) is 2.09. The summed E-state index contributed by atoms with van der Waals surface area (Å²) >= 11 is 0. The predicted molar refractivity (Wildman–Crippen MR) is 85.7 cm³/mol. The molecule has 0 amide bonds. The second-order valence-electron chi connectivity index (χ2n) is 7.30. The number of fused-ring (bicyclic) bond motifs is 2. The fraction of sp³-hybridized carbons (Fsp3) is 0.625. The lowest BCUT2D eigenvalue weighted by Crippen LogP contribution is -2.43. The van der Waals surface area contributed by atoms with E-state index in [2.05, 4.69) is 4.72 Å². The van der Waals surface area contributed by atoms with E-state index in [1.807, 2.05) is 13.8 Å². The van der Waals surface area contributed by atoms with Crippen LogP contribution >= 0.6 is 0 Å². The molecule has 2 aliphatic rings. The number of sulfonamides is 1. The largest absolute Gasteiger partial charge is 0.428 e. The second-order valence-corrected chi connectivity index (χ2v) is 9.03. The van der Waals surface area contributed by atoms with Crippen LogP contribution in [0.2, 0.25) is 0 Å². The summed E-state index contributed by atoms with van der Waals surface area (Å²) in [6, 6.07) is 2.55. The molecule has 7 heteroatoms. The zero-order valence-corrected chi connectivity index (χ0v) is 14.3. The van der Waals surface area contributed by atoms with E-state index in [1.54, 1.807) is 6.92 Å². The molecule has 2 fully saturated rings. The molecule has 23 heavy (non-hydrogen) atoms. The van der Waals surface area contributed by atoms with Crippen LogP contribution in [-0.2, 0) is 14.8 Å². The summed E-state index contributed by atoms with van der Waals surface area (Å²) in [5.74, 6) is 0.400. The maximum atomic E-state index is 12.6. The van der Waals surface area contributed by atoms with Gasteiger partial charge in [-0.2, -0.15) is 0 Å². The first-order valence-electron chi connectivity index (χ1n) is 7.71. The van der Waals surface area contributed by atoms with E-state index < -0.39 is 21.1 Å². The molecule has 0 aromatic carbocycles. The Morgan fingerprint density at radius 1 is 1.30 bits per heavy atom. The highest BCUT2D eigenvalue weighted by molar-refractivity contribution is 7.92. The number of carbonyl (C=O) groups is 1. The molecule has 0 radical (unpaired) electrons. The highest BCUT2D eigenvalue weighted by atomic mass is 32.2. The number of nitrogens with one attached hydrogen (secondary N) is 1. The summed E-state index contributed by atoms with van der Waals surface area (Å²) < 4.78 is 32.4. The van der Waals surface area contributed by atoms with Crippen LogP contribution in [0.4, 0.5) is 5.69 Å². The molecule has 1 heterocycles. The Kier molecular flexibility index (Phi) is 3.48. The van der Waals surface area contributed by atoms with Gasteiger partial charge in [-0.15, -0.1) is 0 Å². The lowest BCUT2D eigenvalue weighted by Gasteiger charge is -2.36. The van der Waals surface area contributed by atoms with E-state index in [1.165, 1.54) is 6.07 Å². The maximum absolute atomic E-state index is 12.6. The van der Waals surface area contributed by atoms with Crippen LogP contribution in [0.15, 0.2) is 21.3 Å². The van der Waals surface area contributed by atoms with Gasteiger partial charge in [0.25, 0.3) is 0 Å². The third-order valence-electron chi connectivity index (χ3n) is 5.74. The van der Waals surface area contributed by atoms with Crippen molar-refractivity contribution >= 4 is 21.5 Å². The number of aryl methyl sites for hydroxylation is 1. The van der Waals surface area contributed by atoms with E-state index >= 15 is 0 Å². The van der Waals surface area contributed by atoms with E-state index in [9.17, 15) is 18.0 Å². The molecule has 1 N–H and O–H groups in total. The normalized spacial score (nSPS) is 29.0. The van der Waals surface area contributed by atoms with Crippen LogP contribution in [0.1, 0.15) is 38.9 Å². The minimum Gasteiger partial charge on any atom is -0.428 e. The Morgan fingerprint density at radius 3 is 2.52 bits per heavy atom. The van der Waals surface area contributed by atoms with E-state index in [4.69, 9.17) is 4.42 Å². The van der Waals surface area contributed by atoms with Crippen molar-refractivity contribution in [3.05, 3.63) is 28.3 Å². The molecule has 1 aromatic heterocycles. The average molecular weight is 339 g/mol. The van der Waals surface area contributed by atoms with Crippen molar-refractivity contribution in [1.82, 2.24) is 0 Å². The summed E-state index contributed by atoms with van der Waals surface area (Å²) in [7, 11) is -3.75. The van der Waals surface area contributed by atoms with Gasteiger partial charge in [0.05, 0.1) is 16.9 Å². The minimum absolute atomic E-state index is 0.0490. The Hall–Kier alpha value is -1.63. The van der Waals surface area contributed by atoms with Gasteiger partial charge in [-0.25, -0.2) is 13.2 Å². The summed E-state index contributed by atoms with van der Waals surface area (Å²) in [5.41, 5.74) is -1.57. The fourth-order valence-electron chi connectivity index (χ4n) is 4.31. The molecule has 3 rings (SSSR count). The van der Waals surface area contributed by atoms with Gasteiger partial charge in [0.1, 0.15) is 11.5 Å². The first-order valence-corrected chi connectivity index (χ1v) is 9.37. The van der Waals surface area contributed by atoms with Crippen LogP contribution in [0, 0.1) is 23.7 Å². The van der Waals surface area contributed by atoms with Crippen molar-refractivity contribution in [3.63, 3.8) is 0 Å². The molecule has 2 saturated carbocycles. The number of ketones is 1. The molecule has 0 unspecified atom stereocenters. The van der Waals surface area contributed by atoms with E-state index in [0.717, 1.165) is 12.5 Å². The summed E-state index contributed by atoms with van der Waals surface area (Å²) in [6.07, 6.45) is 1.97. The summed E-state index contributed by atoms with van der Waals surface area (Å²) in [4.78, 5) is 23.8. The van der Waals surface area contributed by atoms with Crippen LogP contribution in [0.3, 0.4) is 0 Å². The van der Waals surface area contributed by atoms with Crippen molar-refractivity contribution in [2.75, 3.05) is 10.5 Å². The van der Waals surface area contributed by atoms with Crippen molar-refractivity contribution in [3.8, 4) is 0 Å². The average Bonchev–Trinajstić information content (AvgIpc) is 2.70. The van der Waals surface area contributed by atoms with Gasteiger partial charge in [-0.1, -0.05) is 13.8 Å². The van der Waals surface area contributed by atoms with Crippen molar-refractivity contribution in [1.29, 1.82) is 0 Å². The molecule has 126 valence electrons. The zero-order chi connectivity index (χ0) is 17.0. The zero-order valence-electron chi connectivity index (χ0n) is 13.5. The quantitative estimate of drug-likeness (QED) is 0.906. The highest BCUT2D eigenvalue weighted by Gasteiger charge is 2.65. The molecule has 6 nitrogen and oxygen atoms in total. The minimum atomic E-state index is -3.75. The van der Waals surface area contributed by atoms with Gasteiger partial charge in [0.15, 0.2) is 0 Å². The third-order valence-corrected chi connectivity index (χ3v) is 7.16. The summed E-state index contributed by atoms with van der Waals surface area (Å²) in [5, 5.41) is 0. The molecule has 0 saturated heterocycles. The maximum Gasteiger partial charge on any atom is 0.337 e. The monoisotopic (exact) mass is 339 g/mol. The van der Waals surface area contributed by atoms with Gasteiger partial charge in [-0.3, -0.25) is 9.52 Å². The first-order chi connectivity index (χ1) is 10.6. The number of anilines is 1. The van der Waals surface area contributed by atoms with Gasteiger partial charge in [0.2, 0.25) is 10.0 Å². The number of hydrogen-bond donors (Lipinski definition) is 1. The lowest BCUT2D eigenvalue weighted by molar-refractivity contribution is -0.128. The van der Waals surface area contributed by atoms with Gasteiger partial charge in [-0.05, 0) is 31.1 Å². The second kappa shape index (κ2) is 4.93.